The van der Waals surface area contributed by atoms with Gasteiger partial charge in [0, 0.05) is 0 Å². The number of nitrogen functional groups attached to an aromatic ring is 1. The van der Waals surface area contributed by atoms with E-state index in [0.29, 0.717) is 0 Å². The molecular formula is C9H12N2O5S. The number of phenolic OH excluding ortho intramolecular Hbond substituents is 1. The number of hydrogen-bond acceptors (Lipinski definition) is 6. The van der Waals surface area contributed by atoms with Crippen LogP contribution in [0.1, 0.15) is 10.8 Å². The van der Waals surface area contributed by atoms with Gasteiger partial charge in [0.2, 0.25) is 5.91 Å². The molecule has 0 aliphatic heterocycles. The predicted molar refractivity (Wildman–Crippen MR) is 60.4 cm³/mol. The number of benzene rings is 1. The first-order valence-corrected chi connectivity index (χ1v) is 5.94. The molecule has 1 amide bonds. The van der Waals surface area contributed by atoms with E-state index in [9.17, 15) is 18.3 Å². The van der Waals surface area contributed by atoms with E-state index >= 15 is 0 Å². The number of carbonyl (C=O) groups excluding carboxylic acids is 1. The minimum Gasteiger partial charge on any atom is -0.506 e. The van der Waals surface area contributed by atoms with Crippen molar-refractivity contribution in [1.29, 1.82) is 0 Å². The van der Waals surface area contributed by atoms with E-state index in [0.717, 1.165) is 13.2 Å². The lowest BCUT2D eigenvalue weighted by molar-refractivity contribution is -0.117. The topological polar surface area (TPSA) is 133 Å². The Balaban J connectivity index is 3.34. The number of hydrogen-bond donors (Lipinski definition) is 3. The van der Waals surface area contributed by atoms with E-state index < -0.39 is 21.3 Å². The maximum Gasteiger partial charge on any atom is 0.283 e. The summed E-state index contributed by atoms with van der Waals surface area (Å²) in [5.74, 6) is -1.30. The van der Waals surface area contributed by atoms with Gasteiger partial charge in [0.1, 0.15) is 5.75 Å². The van der Waals surface area contributed by atoms with E-state index in [1.165, 1.54) is 12.1 Å². The van der Waals surface area contributed by atoms with Gasteiger partial charge in [0.25, 0.3) is 10.1 Å². The first-order valence-electron chi connectivity index (χ1n) is 4.46. The average Bonchev–Trinajstić information content (AvgIpc) is 2.22. The van der Waals surface area contributed by atoms with Crippen LogP contribution >= 0.6 is 0 Å². The maximum absolute atomic E-state index is 11.5. The number of phenols is 1. The van der Waals surface area contributed by atoms with Crippen molar-refractivity contribution < 1.29 is 22.5 Å². The van der Waals surface area contributed by atoms with Gasteiger partial charge < -0.3 is 16.6 Å². The molecule has 94 valence electrons. The molecule has 1 aromatic carbocycles. The maximum atomic E-state index is 11.5. The Kier molecular flexibility index (Phi) is 3.59. The van der Waals surface area contributed by atoms with Crippen LogP contribution in [0, 0.1) is 0 Å². The van der Waals surface area contributed by atoms with Gasteiger partial charge in [-0.05, 0) is 17.7 Å². The second-order valence-corrected chi connectivity index (χ2v) is 5.05. The monoisotopic (exact) mass is 260 g/mol. The van der Waals surface area contributed by atoms with Crippen LogP contribution in [-0.2, 0) is 19.1 Å². The summed E-state index contributed by atoms with van der Waals surface area (Å²) in [5, 5.41) is 7.55. The summed E-state index contributed by atoms with van der Waals surface area (Å²) in [6.07, 6.45) is 0. The van der Waals surface area contributed by atoms with Gasteiger partial charge in [0.15, 0.2) is 5.25 Å². The van der Waals surface area contributed by atoms with Crippen molar-refractivity contribution in [2.24, 2.45) is 5.73 Å². The van der Waals surface area contributed by atoms with Gasteiger partial charge in [0.05, 0.1) is 12.8 Å². The Bertz CT molecular complexity index is 540. The van der Waals surface area contributed by atoms with Gasteiger partial charge in [-0.15, -0.1) is 0 Å². The van der Waals surface area contributed by atoms with Crippen LogP contribution in [0.2, 0.25) is 0 Å². The number of carbonyl (C=O) groups is 1. The van der Waals surface area contributed by atoms with Crippen LogP contribution < -0.4 is 11.5 Å². The second kappa shape index (κ2) is 4.60. The fourth-order valence-corrected chi connectivity index (χ4v) is 2.26. The standard InChI is InChI=1S/C9H12N2O5S/c1-16-17(14,15)8(9(11)13)5-2-3-7(12)6(10)4-5/h2-4,8,12H,10H2,1H3,(H2,11,13)/t8-/m0/s1. The molecule has 1 atom stereocenters. The minimum atomic E-state index is -4.15. The predicted octanol–water partition coefficient (Wildman–Crippen LogP) is -0.523. The van der Waals surface area contributed by atoms with Gasteiger partial charge in [-0.3, -0.25) is 8.98 Å². The number of anilines is 1. The molecule has 0 spiro atoms. The lowest BCUT2D eigenvalue weighted by Gasteiger charge is -2.13. The second-order valence-electron chi connectivity index (χ2n) is 3.26. The summed E-state index contributed by atoms with van der Waals surface area (Å²) >= 11 is 0. The van der Waals surface area contributed by atoms with E-state index in [1.807, 2.05) is 0 Å². The summed E-state index contributed by atoms with van der Waals surface area (Å²) in [5.41, 5.74) is 10.4. The fraction of sp³-hybridized carbons (Fsp3) is 0.222. The first kappa shape index (κ1) is 13.3. The number of amides is 1. The lowest BCUT2D eigenvalue weighted by Crippen LogP contribution is -2.29. The highest BCUT2D eigenvalue weighted by Gasteiger charge is 2.33. The van der Waals surface area contributed by atoms with E-state index in [2.05, 4.69) is 4.18 Å². The van der Waals surface area contributed by atoms with E-state index in [1.54, 1.807) is 0 Å². The van der Waals surface area contributed by atoms with Gasteiger partial charge >= 0.3 is 0 Å². The Labute approximate surface area is 98.1 Å². The van der Waals surface area contributed by atoms with Crippen molar-refractivity contribution >= 4 is 21.7 Å². The Morgan fingerprint density at radius 1 is 1.47 bits per heavy atom. The molecule has 0 aromatic heterocycles. The van der Waals surface area contributed by atoms with Crippen LogP contribution in [0.15, 0.2) is 18.2 Å². The Hall–Kier alpha value is -1.80. The van der Waals surface area contributed by atoms with Crippen molar-refractivity contribution in [2.45, 2.75) is 5.25 Å². The highest BCUT2D eigenvalue weighted by atomic mass is 32.2. The van der Waals surface area contributed by atoms with Gasteiger partial charge in [-0.25, -0.2) is 0 Å². The first-order chi connectivity index (χ1) is 7.79. The van der Waals surface area contributed by atoms with Crippen molar-refractivity contribution in [3.8, 4) is 5.75 Å². The number of primary amides is 1. The average molecular weight is 260 g/mol. The molecule has 8 heteroatoms. The van der Waals surface area contributed by atoms with Crippen LogP contribution in [0.25, 0.3) is 0 Å². The normalized spacial score (nSPS) is 13.2. The van der Waals surface area contributed by atoms with Crippen LogP contribution in [0.3, 0.4) is 0 Å². The molecule has 0 heterocycles. The molecule has 7 nitrogen and oxygen atoms in total. The summed E-state index contributed by atoms with van der Waals surface area (Å²) < 4.78 is 27.3. The third-order valence-corrected chi connectivity index (χ3v) is 3.68. The van der Waals surface area contributed by atoms with Crippen LogP contribution in [0.5, 0.6) is 5.75 Å². The zero-order valence-electron chi connectivity index (χ0n) is 8.95. The molecule has 0 bridgehead atoms. The minimum absolute atomic E-state index is 0.0367. The third-order valence-electron chi connectivity index (χ3n) is 2.13. The Morgan fingerprint density at radius 2 is 2.06 bits per heavy atom. The molecule has 17 heavy (non-hydrogen) atoms. The molecule has 0 aliphatic carbocycles. The molecular weight excluding hydrogens is 248 g/mol. The highest BCUT2D eigenvalue weighted by molar-refractivity contribution is 7.87. The number of nitrogens with two attached hydrogens (primary N) is 2. The summed E-state index contributed by atoms with van der Waals surface area (Å²) in [4.78, 5) is 11.2. The van der Waals surface area contributed by atoms with Crippen LogP contribution in [-0.4, -0.2) is 26.5 Å². The quantitative estimate of drug-likeness (QED) is 0.379. The summed E-state index contributed by atoms with van der Waals surface area (Å²) in [6.45, 7) is 0. The van der Waals surface area contributed by atoms with Crippen molar-refractivity contribution in [3.05, 3.63) is 23.8 Å². The molecule has 0 fully saturated rings. The Morgan fingerprint density at radius 3 is 2.47 bits per heavy atom. The fourth-order valence-electron chi connectivity index (χ4n) is 1.31. The molecule has 1 rings (SSSR count). The van der Waals surface area contributed by atoms with E-state index in [4.69, 9.17) is 11.5 Å². The largest absolute Gasteiger partial charge is 0.506 e. The highest BCUT2D eigenvalue weighted by Crippen LogP contribution is 2.28. The molecule has 0 saturated carbocycles. The number of rotatable bonds is 4. The van der Waals surface area contributed by atoms with Crippen molar-refractivity contribution in [2.75, 3.05) is 12.8 Å². The van der Waals surface area contributed by atoms with E-state index in [-0.39, 0.29) is 17.0 Å². The zero-order chi connectivity index (χ0) is 13.2. The molecule has 0 radical (unpaired) electrons. The molecule has 0 unspecified atom stereocenters. The van der Waals surface area contributed by atoms with Crippen molar-refractivity contribution in [3.63, 3.8) is 0 Å². The van der Waals surface area contributed by atoms with Gasteiger partial charge in [-0.1, -0.05) is 6.07 Å². The van der Waals surface area contributed by atoms with Gasteiger partial charge in [-0.2, -0.15) is 8.42 Å². The zero-order valence-corrected chi connectivity index (χ0v) is 9.77. The van der Waals surface area contributed by atoms with Crippen molar-refractivity contribution in [1.82, 2.24) is 0 Å². The molecule has 0 saturated heterocycles. The molecule has 1 aromatic rings. The summed E-state index contributed by atoms with van der Waals surface area (Å²) in [6, 6.07) is 3.56. The third kappa shape index (κ3) is 2.66. The molecule has 0 aliphatic rings. The van der Waals surface area contributed by atoms with Crippen LogP contribution in [0.4, 0.5) is 5.69 Å². The summed E-state index contributed by atoms with van der Waals surface area (Å²) in [7, 11) is -3.23. The number of aromatic hydroxyl groups is 1. The SMILES string of the molecule is COS(=O)(=O)[C@H](C(N)=O)c1ccc(O)c(N)c1. The lowest BCUT2D eigenvalue weighted by atomic mass is 10.1. The molecule has 5 N–H and O–H groups in total. The smallest absolute Gasteiger partial charge is 0.283 e.